The van der Waals surface area contributed by atoms with Gasteiger partial charge in [0.1, 0.15) is 5.82 Å². The largest absolute Gasteiger partial charge is 0.408 e. The molecule has 14 heavy (non-hydrogen) atoms. The Morgan fingerprint density at radius 2 is 1.79 bits per heavy atom. The molecule has 1 aromatic carbocycles. The van der Waals surface area contributed by atoms with Crippen LogP contribution in [0.25, 0.3) is 0 Å². The molecule has 0 heterocycles. The van der Waals surface area contributed by atoms with Crippen LogP contribution in [0.3, 0.4) is 0 Å². The third-order valence-electron chi connectivity index (χ3n) is 1.63. The standard InChI is InChI=1S/C9H7F4.Cm/c1-2-6-3-4-8(10)7(5-6)9(11,12)13;/h2-5H,1H3;/q-1;. The SMILES string of the molecule is C[CH-]c1ccc(F)c(C(F)(F)F)c1.[Cm]. The van der Waals surface area contributed by atoms with Gasteiger partial charge < -0.3 is 0 Å². The van der Waals surface area contributed by atoms with Gasteiger partial charge in [-0.3, -0.25) is 0 Å². The van der Waals surface area contributed by atoms with Crippen LogP contribution in [0, 0.1) is 12.2 Å². The first-order chi connectivity index (χ1) is 5.95. The number of hydrogen-bond donors (Lipinski definition) is 0. The van der Waals surface area contributed by atoms with Crippen molar-refractivity contribution < 1.29 is 17.6 Å². The van der Waals surface area contributed by atoms with Crippen molar-refractivity contribution >= 4 is 0 Å². The average molecular weight is 438 g/mol. The van der Waals surface area contributed by atoms with E-state index in [-0.39, 0.29) is 0 Å². The van der Waals surface area contributed by atoms with Gasteiger partial charge in [0, 0.05) is 5.56 Å². The molecular weight excluding hydrogens is 431 g/mol. The Bertz CT molecular complexity index is 306. The van der Waals surface area contributed by atoms with Gasteiger partial charge in [-0.05, 0) is 0 Å². The Morgan fingerprint density at radius 3 is 2.21 bits per heavy atom. The van der Waals surface area contributed by atoms with Gasteiger partial charge in [0.15, 0.2) is 0 Å². The van der Waals surface area contributed by atoms with Gasteiger partial charge in [-0.2, -0.15) is 31.2 Å². The molecule has 0 bridgehead atoms. The zero-order chi connectivity index (χ0) is 10.1. The smallest absolute Gasteiger partial charge is 0.209 e. The second-order valence-electron chi connectivity index (χ2n) is 2.53. The minimum Gasteiger partial charge on any atom is -0.209 e. The number of benzene rings is 1. The Kier molecular flexibility index (Phi) is 3.11. The molecular formula is C9H7CmF4-. The molecule has 0 aliphatic rings. The number of halogens is 4. The van der Waals surface area contributed by atoms with Crippen molar-refractivity contribution in [2.45, 2.75) is 13.1 Å². The summed E-state index contributed by atoms with van der Waals surface area (Å²) in [5, 5.41) is 0. The van der Waals surface area contributed by atoms with Crippen LogP contribution >= 0.6 is 0 Å². The molecule has 0 atom stereocenters. The zero-order valence-electron chi connectivity index (χ0n) is 7.17. The fraction of sp³-hybridized carbons (Fsp3) is 0.222. The van der Waals surface area contributed by atoms with Gasteiger partial charge in [0.2, 0.25) is 0 Å². The maximum absolute atomic E-state index is 12.7. The van der Waals surface area contributed by atoms with E-state index in [1.807, 2.05) is 0 Å². The third-order valence-corrected chi connectivity index (χ3v) is 1.63. The molecule has 0 amide bonds. The zero-order valence-corrected chi connectivity index (χ0v) is 10.1. The second-order valence-corrected chi connectivity index (χ2v) is 2.53. The number of hydrogen-bond acceptors (Lipinski definition) is 0. The second kappa shape index (κ2) is 3.68. The van der Waals surface area contributed by atoms with E-state index in [0.717, 1.165) is 12.1 Å². The molecule has 0 radical (unpaired) electrons. The van der Waals surface area contributed by atoms with Crippen molar-refractivity contribution in [2.24, 2.45) is 0 Å². The molecule has 5 heteroatoms. The summed E-state index contributed by atoms with van der Waals surface area (Å²) in [6.45, 7) is 1.59. The summed E-state index contributed by atoms with van der Waals surface area (Å²) in [7, 11) is 0. The van der Waals surface area contributed by atoms with Crippen molar-refractivity contribution in [3.05, 3.63) is 41.6 Å². The molecule has 0 N–H and O–H groups in total. The number of rotatable bonds is 1. The fourth-order valence-corrected chi connectivity index (χ4v) is 0.940. The monoisotopic (exact) mass is 434 g/mol. The fourth-order valence-electron chi connectivity index (χ4n) is 0.940. The summed E-state index contributed by atoms with van der Waals surface area (Å²) in [6, 6.07) is 2.90. The average Bonchev–Trinajstić information content (AvgIpc) is 2.03. The van der Waals surface area contributed by atoms with Gasteiger partial charge in [-0.25, -0.2) is 4.39 Å². The van der Waals surface area contributed by atoms with Crippen LogP contribution in [-0.2, 0) is 6.18 Å². The molecule has 1 aromatic rings. The molecule has 0 nitrogen and oxygen atoms in total. The molecule has 80 valence electrons. The molecule has 0 aliphatic heterocycles. The van der Waals surface area contributed by atoms with E-state index in [0.29, 0.717) is 5.56 Å². The quantitative estimate of drug-likeness (QED) is 0.466. The van der Waals surface area contributed by atoms with Crippen LogP contribution in [0.1, 0.15) is 18.1 Å². The Balaban J connectivity index is 0.00000169. The maximum atomic E-state index is 12.7. The van der Waals surface area contributed by atoms with Crippen LogP contribution in [0.4, 0.5) is 17.6 Å². The first kappa shape index (κ1) is 11.8. The van der Waals surface area contributed by atoms with E-state index < -0.39 is 17.6 Å². The normalized spacial score (nSPS) is 10.6. The van der Waals surface area contributed by atoms with Crippen molar-refractivity contribution in [1.82, 2.24) is 0 Å². The van der Waals surface area contributed by atoms with E-state index in [2.05, 4.69) is 0 Å². The minimum atomic E-state index is -4.62. The first-order valence-corrected chi connectivity index (χ1v) is 3.61. The van der Waals surface area contributed by atoms with Crippen LogP contribution in [0.5, 0.6) is 0 Å². The Labute approximate surface area is 73.2 Å². The molecule has 0 unspecified atom stereocenters. The van der Waals surface area contributed by atoms with Crippen LogP contribution in [0.2, 0.25) is 0 Å². The van der Waals surface area contributed by atoms with E-state index in [9.17, 15) is 17.6 Å². The summed E-state index contributed by atoms with van der Waals surface area (Å²) in [6.07, 6.45) is -3.14. The van der Waals surface area contributed by atoms with E-state index in [4.69, 9.17) is 0 Å². The molecule has 0 aliphatic carbocycles. The van der Waals surface area contributed by atoms with Crippen molar-refractivity contribution in [2.75, 3.05) is 0 Å². The third kappa shape index (κ3) is 2.15. The molecule has 0 fully saturated rings. The van der Waals surface area contributed by atoms with Gasteiger partial charge in [0.05, 0.1) is 0 Å². The predicted molar refractivity (Wildman–Crippen MR) is 40.5 cm³/mol. The molecule has 1 rings (SSSR count). The van der Waals surface area contributed by atoms with Crippen LogP contribution < -0.4 is 0 Å². The van der Waals surface area contributed by atoms with Gasteiger partial charge >= 0.3 is 6.18 Å². The van der Waals surface area contributed by atoms with Crippen molar-refractivity contribution in [3.8, 4) is 0 Å². The molecule has 0 spiro atoms. The van der Waals surface area contributed by atoms with Crippen molar-refractivity contribution in [3.63, 3.8) is 0 Å². The number of alkyl halides is 3. The van der Waals surface area contributed by atoms with Gasteiger partial charge in [-0.15, -0.1) is 6.07 Å². The Hall–Kier alpha value is -2.19. The van der Waals surface area contributed by atoms with E-state index in [1.165, 1.54) is 12.5 Å². The van der Waals surface area contributed by atoms with Crippen LogP contribution in [0.15, 0.2) is 18.2 Å². The Morgan fingerprint density at radius 1 is 1.21 bits per heavy atom. The summed E-state index contributed by atoms with van der Waals surface area (Å²) in [5.74, 6) is -1.24. The summed E-state index contributed by atoms with van der Waals surface area (Å²) in [4.78, 5) is 0. The summed E-state index contributed by atoms with van der Waals surface area (Å²) >= 11 is 0. The molecule has 0 aromatic heterocycles. The van der Waals surface area contributed by atoms with E-state index in [1.54, 1.807) is 6.92 Å². The van der Waals surface area contributed by atoms with Crippen molar-refractivity contribution in [1.29, 1.82) is 0 Å². The van der Waals surface area contributed by atoms with Gasteiger partial charge in [-0.1, -0.05) is 13.0 Å². The first-order valence-electron chi connectivity index (χ1n) is 3.61. The topological polar surface area (TPSA) is 0 Å². The molecule has 0 saturated heterocycles. The maximum Gasteiger partial charge on any atom is 0.408 e. The molecule has 0 saturated carbocycles. The van der Waals surface area contributed by atoms with Gasteiger partial charge in [0.25, 0.3) is 0 Å². The summed E-state index contributed by atoms with van der Waals surface area (Å²) < 4.78 is 49.0. The summed E-state index contributed by atoms with van der Waals surface area (Å²) in [5.41, 5.74) is -0.864. The predicted octanol–water partition coefficient (Wildman–Crippen LogP) is 3.42. The van der Waals surface area contributed by atoms with Crippen LogP contribution in [-0.4, -0.2) is 0 Å². The minimum absolute atomic E-state index is 0. The van der Waals surface area contributed by atoms with E-state index >= 15 is 0 Å².